The van der Waals surface area contributed by atoms with Gasteiger partial charge in [-0.2, -0.15) is 0 Å². The smallest absolute Gasteiger partial charge is 0.0651 e. The number of hydrogen-bond acceptors (Lipinski definition) is 2. The average Bonchev–Trinajstić information content (AvgIpc) is 2.03. The minimum Gasteiger partial charge on any atom is -0.394 e. The predicted molar refractivity (Wildman–Crippen MR) is 54.8 cm³/mol. The number of aliphatic hydroxyl groups is 1. The normalized spacial score (nSPS) is 15.5. The van der Waals surface area contributed by atoms with Crippen LogP contribution in [0, 0.1) is 6.92 Å². The molecule has 0 heterocycles. The van der Waals surface area contributed by atoms with Crippen LogP contribution in [0.5, 0.6) is 0 Å². The van der Waals surface area contributed by atoms with Crippen LogP contribution in [0.4, 0.5) is 0 Å². The van der Waals surface area contributed by atoms with Crippen molar-refractivity contribution in [3.05, 3.63) is 34.3 Å². The summed E-state index contributed by atoms with van der Waals surface area (Å²) in [6, 6.07) is 5.58. The summed E-state index contributed by atoms with van der Waals surface area (Å²) in [7, 11) is 0. The summed E-state index contributed by atoms with van der Waals surface area (Å²) in [4.78, 5) is 0. The van der Waals surface area contributed by atoms with Crippen molar-refractivity contribution in [1.82, 2.24) is 0 Å². The zero-order valence-corrected chi connectivity index (χ0v) is 8.60. The molecule has 1 rings (SSSR count). The average molecular weight is 200 g/mol. The third-order valence-electron chi connectivity index (χ3n) is 2.12. The van der Waals surface area contributed by atoms with E-state index in [4.69, 9.17) is 22.4 Å². The highest BCUT2D eigenvalue weighted by Gasteiger charge is 2.24. The summed E-state index contributed by atoms with van der Waals surface area (Å²) < 4.78 is 0. The Kier molecular flexibility index (Phi) is 2.96. The molecule has 0 spiro atoms. The van der Waals surface area contributed by atoms with Crippen molar-refractivity contribution in [2.45, 2.75) is 19.4 Å². The van der Waals surface area contributed by atoms with Gasteiger partial charge in [-0.1, -0.05) is 23.7 Å². The number of hydrogen-bond donors (Lipinski definition) is 2. The zero-order chi connectivity index (χ0) is 10.1. The van der Waals surface area contributed by atoms with E-state index in [1.807, 2.05) is 19.1 Å². The van der Waals surface area contributed by atoms with E-state index in [9.17, 15) is 0 Å². The summed E-state index contributed by atoms with van der Waals surface area (Å²) in [5, 5.41) is 9.72. The van der Waals surface area contributed by atoms with Gasteiger partial charge in [0.1, 0.15) is 0 Å². The zero-order valence-electron chi connectivity index (χ0n) is 7.84. The van der Waals surface area contributed by atoms with Gasteiger partial charge in [-0.15, -0.1) is 0 Å². The highest BCUT2D eigenvalue weighted by Crippen LogP contribution is 2.28. The molecular weight excluding hydrogens is 186 g/mol. The molecule has 0 aliphatic rings. The van der Waals surface area contributed by atoms with Crippen molar-refractivity contribution in [2.75, 3.05) is 6.61 Å². The topological polar surface area (TPSA) is 46.2 Å². The van der Waals surface area contributed by atoms with Crippen molar-refractivity contribution < 1.29 is 5.11 Å². The lowest BCUT2D eigenvalue weighted by Gasteiger charge is -2.25. The van der Waals surface area contributed by atoms with Crippen LogP contribution in [0.15, 0.2) is 18.2 Å². The first-order valence-corrected chi connectivity index (χ1v) is 4.52. The number of rotatable bonds is 2. The van der Waals surface area contributed by atoms with Gasteiger partial charge in [0.05, 0.1) is 12.1 Å². The van der Waals surface area contributed by atoms with E-state index in [1.54, 1.807) is 13.0 Å². The second-order valence-electron chi connectivity index (χ2n) is 3.51. The molecule has 0 aliphatic heterocycles. The molecule has 13 heavy (non-hydrogen) atoms. The van der Waals surface area contributed by atoms with Gasteiger partial charge in [0.15, 0.2) is 0 Å². The van der Waals surface area contributed by atoms with Crippen molar-refractivity contribution in [1.29, 1.82) is 0 Å². The van der Waals surface area contributed by atoms with Gasteiger partial charge < -0.3 is 10.8 Å². The molecule has 0 bridgehead atoms. The molecule has 1 aromatic carbocycles. The van der Waals surface area contributed by atoms with Crippen molar-refractivity contribution >= 4 is 11.6 Å². The first-order valence-electron chi connectivity index (χ1n) is 4.14. The van der Waals surface area contributed by atoms with Crippen LogP contribution in [-0.2, 0) is 5.54 Å². The quantitative estimate of drug-likeness (QED) is 0.763. The summed E-state index contributed by atoms with van der Waals surface area (Å²) in [6.45, 7) is 3.58. The molecule has 1 unspecified atom stereocenters. The molecule has 0 aromatic heterocycles. The second kappa shape index (κ2) is 3.66. The fourth-order valence-electron chi connectivity index (χ4n) is 1.43. The van der Waals surface area contributed by atoms with E-state index in [-0.39, 0.29) is 6.61 Å². The van der Waals surface area contributed by atoms with E-state index in [0.29, 0.717) is 5.02 Å². The van der Waals surface area contributed by atoms with Crippen LogP contribution in [0.1, 0.15) is 18.1 Å². The summed E-state index contributed by atoms with van der Waals surface area (Å²) >= 11 is 6.00. The van der Waals surface area contributed by atoms with Crippen LogP contribution in [-0.4, -0.2) is 11.7 Å². The number of aryl methyl sites for hydroxylation is 1. The Morgan fingerprint density at radius 3 is 2.62 bits per heavy atom. The molecule has 1 atom stereocenters. The summed E-state index contributed by atoms with van der Waals surface area (Å²) in [6.07, 6.45) is 0. The number of nitrogens with two attached hydrogens (primary N) is 1. The first kappa shape index (κ1) is 10.5. The Morgan fingerprint density at radius 2 is 2.15 bits per heavy atom. The van der Waals surface area contributed by atoms with Crippen molar-refractivity contribution in [3.8, 4) is 0 Å². The van der Waals surface area contributed by atoms with E-state index in [1.165, 1.54) is 0 Å². The number of benzene rings is 1. The molecular formula is C10H14ClNO. The van der Waals surface area contributed by atoms with Crippen molar-refractivity contribution in [3.63, 3.8) is 0 Å². The van der Waals surface area contributed by atoms with Crippen LogP contribution >= 0.6 is 11.6 Å². The van der Waals surface area contributed by atoms with E-state index < -0.39 is 5.54 Å². The molecule has 0 saturated heterocycles. The van der Waals surface area contributed by atoms with Gasteiger partial charge in [-0.05, 0) is 31.0 Å². The maximum atomic E-state index is 9.11. The highest BCUT2D eigenvalue weighted by molar-refractivity contribution is 6.31. The SMILES string of the molecule is Cc1cccc(Cl)c1C(C)(N)CO. The number of aliphatic hydroxyl groups excluding tert-OH is 1. The van der Waals surface area contributed by atoms with E-state index in [2.05, 4.69) is 0 Å². The van der Waals surface area contributed by atoms with Crippen LogP contribution in [0.3, 0.4) is 0 Å². The molecule has 3 N–H and O–H groups in total. The highest BCUT2D eigenvalue weighted by atomic mass is 35.5. The third-order valence-corrected chi connectivity index (χ3v) is 2.44. The molecule has 0 saturated carbocycles. The maximum Gasteiger partial charge on any atom is 0.0651 e. The van der Waals surface area contributed by atoms with Gasteiger partial charge in [0.25, 0.3) is 0 Å². The fraction of sp³-hybridized carbons (Fsp3) is 0.400. The molecule has 3 heteroatoms. The Hall–Kier alpha value is -0.570. The molecule has 0 aliphatic carbocycles. The van der Waals surface area contributed by atoms with E-state index in [0.717, 1.165) is 11.1 Å². The predicted octanol–water partition coefficient (Wildman–Crippen LogP) is 1.81. The standard InChI is InChI=1S/C10H14ClNO/c1-7-4-3-5-8(11)9(7)10(2,12)6-13/h3-5,13H,6,12H2,1-2H3. The second-order valence-corrected chi connectivity index (χ2v) is 3.91. The minimum atomic E-state index is -0.761. The first-order chi connectivity index (χ1) is 5.99. The lowest BCUT2D eigenvalue weighted by atomic mass is 9.90. The minimum absolute atomic E-state index is 0.114. The molecule has 0 fully saturated rings. The van der Waals surface area contributed by atoms with E-state index >= 15 is 0 Å². The third kappa shape index (κ3) is 2.02. The summed E-state index contributed by atoms with van der Waals surface area (Å²) in [5.41, 5.74) is 6.97. The van der Waals surface area contributed by atoms with Crippen LogP contribution < -0.4 is 5.73 Å². The van der Waals surface area contributed by atoms with Crippen LogP contribution in [0.2, 0.25) is 5.02 Å². The molecule has 2 nitrogen and oxygen atoms in total. The summed E-state index contributed by atoms with van der Waals surface area (Å²) in [5.74, 6) is 0. The van der Waals surface area contributed by atoms with Gasteiger partial charge in [0, 0.05) is 5.02 Å². The van der Waals surface area contributed by atoms with Crippen molar-refractivity contribution in [2.24, 2.45) is 5.73 Å². The monoisotopic (exact) mass is 199 g/mol. The Labute approximate surface area is 83.3 Å². The lowest BCUT2D eigenvalue weighted by Crippen LogP contribution is -2.38. The Bertz CT molecular complexity index is 290. The number of halogens is 1. The maximum absolute atomic E-state index is 9.11. The van der Waals surface area contributed by atoms with Gasteiger partial charge >= 0.3 is 0 Å². The Morgan fingerprint density at radius 1 is 1.54 bits per heavy atom. The van der Waals surface area contributed by atoms with Gasteiger partial charge in [-0.3, -0.25) is 0 Å². The molecule has 1 aromatic rings. The largest absolute Gasteiger partial charge is 0.394 e. The fourth-order valence-corrected chi connectivity index (χ4v) is 1.87. The van der Waals surface area contributed by atoms with Gasteiger partial charge in [0.2, 0.25) is 0 Å². The molecule has 72 valence electrons. The van der Waals surface area contributed by atoms with Crippen LogP contribution in [0.25, 0.3) is 0 Å². The van der Waals surface area contributed by atoms with Gasteiger partial charge in [-0.25, -0.2) is 0 Å². The Balaban J connectivity index is 3.28. The lowest BCUT2D eigenvalue weighted by molar-refractivity contribution is 0.209. The molecule has 0 amide bonds. The molecule has 0 radical (unpaired) electrons.